The molecule has 8 nitrogen and oxygen atoms in total. The summed E-state index contributed by atoms with van der Waals surface area (Å²) in [7, 11) is 1.61. The smallest absolute Gasteiger partial charge is 0.265 e. The van der Waals surface area contributed by atoms with Crippen molar-refractivity contribution in [3.8, 4) is 17.2 Å². The van der Waals surface area contributed by atoms with Crippen molar-refractivity contribution in [2.75, 3.05) is 37.1 Å². The Labute approximate surface area is 185 Å². The summed E-state index contributed by atoms with van der Waals surface area (Å²) in [5, 5.41) is 2.85. The molecule has 164 valence electrons. The molecule has 0 atom stereocenters. The SMILES string of the molecule is COc1ccc(OCCCN2C(=O)COc3ccc(NC(=O)c4ccncc4)cc32)cc1. The van der Waals surface area contributed by atoms with Crippen molar-refractivity contribution in [1.29, 1.82) is 0 Å². The van der Waals surface area contributed by atoms with Crippen LogP contribution in [0.3, 0.4) is 0 Å². The molecule has 2 amide bonds. The van der Waals surface area contributed by atoms with Gasteiger partial charge in [0.25, 0.3) is 11.8 Å². The second kappa shape index (κ2) is 9.82. The fraction of sp³-hybridized carbons (Fsp3) is 0.208. The van der Waals surface area contributed by atoms with E-state index in [0.29, 0.717) is 42.3 Å². The van der Waals surface area contributed by atoms with E-state index in [1.54, 1.807) is 54.7 Å². The number of benzene rings is 2. The lowest BCUT2D eigenvalue weighted by Gasteiger charge is -2.30. The van der Waals surface area contributed by atoms with Crippen molar-refractivity contribution in [2.24, 2.45) is 0 Å². The van der Waals surface area contributed by atoms with Crippen LogP contribution in [0.25, 0.3) is 0 Å². The lowest BCUT2D eigenvalue weighted by Crippen LogP contribution is -2.39. The molecule has 4 rings (SSSR count). The van der Waals surface area contributed by atoms with Crippen LogP contribution >= 0.6 is 0 Å². The summed E-state index contributed by atoms with van der Waals surface area (Å²) >= 11 is 0. The molecule has 0 fully saturated rings. The van der Waals surface area contributed by atoms with Crippen molar-refractivity contribution in [1.82, 2.24) is 4.98 Å². The normalized spacial score (nSPS) is 12.5. The Balaban J connectivity index is 1.39. The maximum absolute atomic E-state index is 12.5. The van der Waals surface area contributed by atoms with Crippen LogP contribution in [-0.4, -0.2) is 43.7 Å². The molecule has 3 aromatic rings. The number of rotatable bonds is 8. The van der Waals surface area contributed by atoms with E-state index < -0.39 is 0 Å². The minimum Gasteiger partial charge on any atom is -0.497 e. The molecule has 2 heterocycles. The summed E-state index contributed by atoms with van der Waals surface area (Å²) in [6, 6.07) is 15.9. The number of nitrogens with zero attached hydrogens (tertiary/aromatic N) is 2. The largest absolute Gasteiger partial charge is 0.497 e. The molecule has 2 aromatic carbocycles. The highest BCUT2D eigenvalue weighted by molar-refractivity contribution is 6.05. The highest BCUT2D eigenvalue weighted by Crippen LogP contribution is 2.34. The lowest BCUT2D eigenvalue weighted by molar-refractivity contribution is -0.121. The van der Waals surface area contributed by atoms with Crippen molar-refractivity contribution in [3.63, 3.8) is 0 Å². The van der Waals surface area contributed by atoms with Gasteiger partial charge in [-0.15, -0.1) is 0 Å². The maximum atomic E-state index is 12.5. The summed E-state index contributed by atoms with van der Waals surface area (Å²) in [6.45, 7) is 0.896. The Morgan fingerprint density at radius 2 is 1.84 bits per heavy atom. The number of anilines is 2. The molecule has 8 heteroatoms. The Morgan fingerprint density at radius 3 is 2.59 bits per heavy atom. The number of nitrogens with one attached hydrogen (secondary N) is 1. The third kappa shape index (κ3) is 4.97. The predicted octanol–water partition coefficient (Wildman–Crippen LogP) is 3.54. The summed E-state index contributed by atoms with van der Waals surface area (Å²) in [6.07, 6.45) is 3.75. The molecule has 32 heavy (non-hydrogen) atoms. The third-order valence-corrected chi connectivity index (χ3v) is 4.96. The van der Waals surface area contributed by atoms with Crippen LogP contribution in [0.4, 0.5) is 11.4 Å². The van der Waals surface area contributed by atoms with Gasteiger partial charge in [-0.05, 0) is 61.0 Å². The molecule has 0 unspecified atom stereocenters. The zero-order valence-corrected chi connectivity index (χ0v) is 17.6. The highest BCUT2D eigenvalue weighted by atomic mass is 16.5. The average Bonchev–Trinajstić information content (AvgIpc) is 2.84. The number of amides is 2. The fourth-order valence-corrected chi connectivity index (χ4v) is 3.32. The number of fused-ring (bicyclic) bond motifs is 1. The summed E-state index contributed by atoms with van der Waals surface area (Å²) in [5.74, 6) is 1.71. The molecule has 0 spiro atoms. The van der Waals surface area contributed by atoms with Gasteiger partial charge in [-0.25, -0.2) is 0 Å². The van der Waals surface area contributed by atoms with Gasteiger partial charge in [-0.3, -0.25) is 14.6 Å². The first-order chi connectivity index (χ1) is 15.6. The molecule has 0 radical (unpaired) electrons. The fourth-order valence-electron chi connectivity index (χ4n) is 3.32. The van der Waals surface area contributed by atoms with Gasteiger partial charge in [-0.1, -0.05) is 0 Å². The molecular formula is C24H23N3O5. The first-order valence-corrected chi connectivity index (χ1v) is 10.2. The van der Waals surface area contributed by atoms with Crippen LogP contribution in [0.1, 0.15) is 16.8 Å². The Bertz CT molecular complexity index is 1090. The van der Waals surface area contributed by atoms with Crippen LogP contribution in [0.5, 0.6) is 17.2 Å². The van der Waals surface area contributed by atoms with Crippen molar-refractivity contribution < 1.29 is 23.8 Å². The number of hydrogen-bond acceptors (Lipinski definition) is 6. The van der Waals surface area contributed by atoms with E-state index in [1.807, 2.05) is 24.3 Å². The van der Waals surface area contributed by atoms with Gasteiger partial charge in [-0.2, -0.15) is 0 Å². The molecule has 1 N–H and O–H groups in total. The molecule has 1 aliphatic rings. The van der Waals surface area contributed by atoms with Crippen LogP contribution in [-0.2, 0) is 4.79 Å². The van der Waals surface area contributed by atoms with E-state index in [2.05, 4.69) is 10.3 Å². The number of carbonyl (C=O) groups is 2. The van der Waals surface area contributed by atoms with Crippen molar-refractivity contribution >= 4 is 23.2 Å². The van der Waals surface area contributed by atoms with E-state index in [-0.39, 0.29) is 18.4 Å². The number of carbonyl (C=O) groups excluding carboxylic acids is 2. The monoisotopic (exact) mass is 433 g/mol. The number of aromatic nitrogens is 1. The molecule has 0 aliphatic carbocycles. The van der Waals surface area contributed by atoms with Gasteiger partial charge in [0.1, 0.15) is 17.2 Å². The zero-order chi connectivity index (χ0) is 22.3. The van der Waals surface area contributed by atoms with E-state index in [1.165, 1.54) is 0 Å². The number of pyridine rings is 1. The van der Waals surface area contributed by atoms with Crippen molar-refractivity contribution in [3.05, 3.63) is 72.6 Å². The molecule has 0 saturated carbocycles. The summed E-state index contributed by atoms with van der Waals surface area (Å²) in [5.41, 5.74) is 1.69. The first-order valence-electron chi connectivity index (χ1n) is 10.2. The van der Waals surface area contributed by atoms with E-state index in [0.717, 1.165) is 11.5 Å². The van der Waals surface area contributed by atoms with Gasteiger partial charge in [0, 0.05) is 30.2 Å². The number of ether oxygens (including phenoxy) is 3. The Hall–Kier alpha value is -4.07. The second-order valence-corrected chi connectivity index (χ2v) is 7.08. The van der Waals surface area contributed by atoms with E-state index in [9.17, 15) is 9.59 Å². The predicted molar refractivity (Wildman–Crippen MR) is 120 cm³/mol. The van der Waals surface area contributed by atoms with Crippen LogP contribution in [0.2, 0.25) is 0 Å². The Kier molecular flexibility index (Phi) is 6.50. The third-order valence-electron chi connectivity index (χ3n) is 4.96. The van der Waals surface area contributed by atoms with E-state index in [4.69, 9.17) is 14.2 Å². The molecule has 1 aliphatic heterocycles. The van der Waals surface area contributed by atoms with E-state index >= 15 is 0 Å². The topological polar surface area (TPSA) is 90.0 Å². The molecular weight excluding hydrogens is 410 g/mol. The minimum atomic E-state index is -0.255. The quantitative estimate of drug-likeness (QED) is 0.547. The maximum Gasteiger partial charge on any atom is 0.265 e. The van der Waals surface area contributed by atoms with Gasteiger partial charge >= 0.3 is 0 Å². The number of methoxy groups -OCH3 is 1. The van der Waals surface area contributed by atoms with Gasteiger partial charge in [0.15, 0.2) is 6.61 Å². The highest BCUT2D eigenvalue weighted by Gasteiger charge is 2.25. The lowest BCUT2D eigenvalue weighted by atomic mass is 10.2. The summed E-state index contributed by atoms with van der Waals surface area (Å²) < 4.78 is 16.4. The Morgan fingerprint density at radius 1 is 1.09 bits per heavy atom. The second-order valence-electron chi connectivity index (χ2n) is 7.08. The van der Waals surface area contributed by atoms with Gasteiger partial charge in [0.2, 0.25) is 0 Å². The molecule has 0 bridgehead atoms. The molecule has 0 saturated heterocycles. The molecule has 1 aromatic heterocycles. The van der Waals surface area contributed by atoms with Crippen LogP contribution < -0.4 is 24.4 Å². The summed E-state index contributed by atoms with van der Waals surface area (Å²) in [4.78, 5) is 30.5. The van der Waals surface area contributed by atoms with Crippen LogP contribution in [0, 0.1) is 0 Å². The zero-order valence-electron chi connectivity index (χ0n) is 17.6. The minimum absolute atomic E-state index is 0.0188. The average molecular weight is 433 g/mol. The van der Waals surface area contributed by atoms with Gasteiger partial charge < -0.3 is 24.4 Å². The first kappa shape index (κ1) is 21.2. The van der Waals surface area contributed by atoms with Gasteiger partial charge in [0.05, 0.1) is 19.4 Å². The van der Waals surface area contributed by atoms with Crippen molar-refractivity contribution in [2.45, 2.75) is 6.42 Å². The number of hydrogen-bond donors (Lipinski definition) is 1. The standard InChI is InChI=1S/C24H23N3O5/c1-30-19-4-6-20(7-5-19)31-14-2-13-27-21-15-18(3-8-22(21)32-16-23(27)28)26-24(29)17-9-11-25-12-10-17/h3-12,15H,2,13-14,16H2,1H3,(H,26,29). The van der Waals surface area contributed by atoms with Crippen LogP contribution in [0.15, 0.2) is 67.0 Å².